The summed E-state index contributed by atoms with van der Waals surface area (Å²) in [7, 11) is 0. The van der Waals surface area contributed by atoms with Gasteiger partial charge in [0, 0.05) is 80.4 Å². The number of carboxylic acids is 3. The maximum absolute atomic E-state index is 12.9. The molecule has 2 fully saturated rings. The second-order valence-corrected chi connectivity index (χ2v) is 21.8. The van der Waals surface area contributed by atoms with E-state index in [1.54, 1.807) is 0 Å². The Labute approximate surface area is 493 Å². The molecule has 0 spiro atoms. The lowest BCUT2D eigenvalue weighted by Crippen LogP contribution is -3.14. The maximum Gasteiger partial charge on any atom is 0.430 e. The van der Waals surface area contributed by atoms with Crippen molar-refractivity contribution in [2.24, 2.45) is 11.5 Å². The van der Waals surface area contributed by atoms with Gasteiger partial charge in [-0.3, -0.25) is 56.1 Å². The van der Waals surface area contributed by atoms with Crippen molar-refractivity contribution in [2.75, 3.05) is 90.3 Å². The highest BCUT2D eigenvalue weighted by atomic mass is 32.2. The molecular formula is C49H77F9N12O13S2. The summed E-state index contributed by atoms with van der Waals surface area (Å²) in [6.45, 7) is 4.45. The van der Waals surface area contributed by atoms with Crippen molar-refractivity contribution in [1.82, 2.24) is 37.2 Å². The van der Waals surface area contributed by atoms with Gasteiger partial charge in [-0.15, -0.1) is 12.3 Å². The second kappa shape index (κ2) is 41.8. The molecule has 14 N–H and O–H groups in total. The van der Waals surface area contributed by atoms with E-state index in [0.29, 0.717) is 144 Å². The first-order valence-corrected chi connectivity index (χ1v) is 29.2. The highest BCUT2D eigenvalue weighted by molar-refractivity contribution is 8.00. The third-order valence-electron chi connectivity index (χ3n) is 12.3. The molecule has 486 valence electrons. The number of halogens is 9. The predicted molar refractivity (Wildman–Crippen MR) is 283 cm³/mol. The Hall–Kier alpha value is -6.19. The summed E-state index contributed by atoms with van der Waals surface area (Å²) in [6, 6.07) is 1.54. The summed E-state index contributed by atoms with van der Waals surface area (Å²) in [5, 5.41) is 48.7. The Balaban J connectivity index is 0.00000145. The predicted octanol–water partition coefficient (Wildman–Crippen LogP) is -7.82. The van der Waals surface area contributed by atoms with Gasteiger partial charge in [0.1, 0.15) is 48.6 Å². The van der Waals surface area contributed by atoms with E-state index in [9.17, 15) is 63.5 Å². The fraction of sp³-hybridized carbons (Fsp3) is 0.755. The van der Waals surface area contributed by atoms with Crippen LogP contribution in [-0.2, 0) is 47.8 Å². The molecule has 0 unspecified atom stereocenters. The first-order chi connectivity index (χ1) is 39.9. The van der Waals surface area contributed by atoms with Crippen molar-refractivity contribution in [3.63, 3.8) is 0 Å². The van der Waals surface area contributed by atoms with Crippen LogP contribution in [-0.4, -0.2) is 203 Å². The van der Waals surface area contributed by atoms with Crippen molar-refractivity contribution in [1.29, 1.82) is 0 Å². The Morgan fingerprint density at radius 1 is 0.541 bits per heavy atom. The Kier molecular flexibility index (Phi) is 37.8. The summed E-state index contributed by atoms with van der Waals surface area (Å²) in [4.78, 5) is 95.9. The molecule has 0 aliphatic carbocycles. The van der Waals surface area contributed by atoms with Crippen LogP contribution in [0, 0.1) is 12.3 Å². The third kappa shape index (κ3) is 37.1. The number of guanidine groups is 2. The molecular weight excluding hydrogens is 1200 g/mol. The van der Waals surface area contributed by atoms with Gasteiger partial charge in [-0.05, 0) is 51.4 Å². The summed E-state index contributed by atoms with van der Waals surface area (Å²) >= 11 is 3.93. The fourth-order valence-electron chi connectivity index (χ4n) is 8.15. The molecule has 6 atom stereocenters. The molecule has 2 saturated heterocycles. The SMILES string of the molecule is C#CCCC(=O)NCCOCCOCC[NH+](CC(=O)NCCCCNC(=O)CCCC[C@@H]1SC[C@@H]2[NH+]=C(N)N[C@@H]21)CC(=O)NCCCCNC(=O)CCCC[C@@H]1SC[C@@H]2[NH+]=C(N)N[C@@H]21.O=C([O-])C(F)(F)F.O=C([O-])C(F)(F)F.O=C([O-])C(F)(F)F. The Morgan fingerprint density at radius 2 is 0.882 bits per heavy atom. The number of thioether (sulfide) groups is 2. The summed E-state index contributed by atoms with van der Waals surface area (Å²) in [6.07, 6.45) is 0.0317. The average molecular weight is 1280 g/mol. The van der Waals surface area contributed by atoms with E-state index in [2.05, 4.69) is 53.1 Å². The number of carbonyl (C=O) groups excluding carboxylic acids is 8. The van der Waals surface area contributed by atoms with Gasteiger partial charge < -0.3 is 70.7 Å². The van der Waals surface area contributed by atoms with Crippen molar-refractivity contribution in [3.05, 3.63) is 0 Å². The number of hydrogen-bond acceptors (Lipinski definition) is 19. The van der Waals surface area contributed by atoms with E-state index in [1.165, 1.54) is 0 Å². The zero-order chi connectivity index (χ0) is 64.0. The van der Waals surface area contributed by atoms with E-state index in [1.807, 2.05) is 23.5 Å². The van der Waals surface area contributed by atoms with E-state index < -0.39 is 36.4 Å². The zero-order valence-corrected chi connectivity index (χ0v) is 48.2. The minimum Gasteiger partial charge on any atom is -0.542 e. The van der Waals surface area contributed by atoms with Gasteiger partial charge >= 0.3 is 30.4 Å². The summed E-state index contributed by atoms with van der Waals surface area (Å²) < 4.78 is 106. The van der Waals surface area contributed by atoms with Crippen LogP contribution in [0.4, 0.5) is 39.5 Å². The summed E-state index contributed by atoms with van der Waals surface area (Å²) in [5.74, 6) is -3.48. The van der Waals surface area contributed by atoms with Crippen LogP contribution in [0.15, 0.2) is 0 Å². The second-order valence-electron chi connectivity index (χ2n) is 19.2. The average Bonchev–Trinajstić information content (AvgIpc) is 2.29. The van der Waals surface area contributed by atoms with Gasteiger partial charge in [0.05, 0.1) is 26.4 Å². The van der Waals surface area contributed by atoms with Gasteiger partial charge in [-0.1, -0.05) is 12.8 Å². The standard InChI is InChI=1S/C43H74N12O7S2.3C2HF3O2/c1-2-3-14-35(56)50-21-23-61-25-26-62-24-22-55(27-38(59)48-19-10-8-17-46-36(57)15-6-4-12-33-40-31(29-63-33)51-42(44)53-40)28-39(60)49-20-11-9-18-47-37(58)16-7-5-13-34-41-32(30-64-34)52-43(45)54-41;3*3-2(4,5)1(6)7/h1,31-34,40-41H,3-30H2,(H,46,57)(H,47,58)(H,48,59)(H,49,60)(H,50,56)(H3,44,51,53)(H3,45,52,54);3*(H,6,7)/t31-,32-,33-,34-,40-,41-;;;/m0.../s1. The number of alkyl halides is 9. The van der Waals surface area contributed by atoms with E-state index in [0.717, 1.165) is 67.8 Å². The number of aliphatic carboxylic acids is 3. The molecule has 0 aromatic heterocycles. The lowest BCUT2D eigenvalue weighted by Gasteiger charge is -2.19. The van der Waals surface area contributed by atoms with Crippen molar-refractivity contribution < 1.29 is 118 Å². The third-order valence-corrected chi connectivity index (χ3v) is 15.3. The molecule has 0 aromatic rings. The number of amides is 5. The van der Waals surface area contributed by atoms with Gasteiger partial charge in [-0.2, -0.15) is 63.0 Å². The molecule has 85 heavy (non-hydrogen) atoms. The van der Waals surface area contributed by atoms with E-state index in [4.69, 9.17) is 57.1 Å². The first kappa shape index (κ1) is 76.8. The van der Waals surface area contributed by atoms with Crippen molar-refractivity contribution in [2.45, 2.75) is 143 Å². The molecule has 0 saturated carbocycles. The van der Waals surface area contributed by atoms with Gasteiger partial charge in [-0.25, -0.2) is 0 Å². The molecule has 0 bridgehead atoms. The lowest BCUT2D eigenvalue weighted by molar-refractivity contribution is -0.884. The normalized spacial score (nSPS) is 19.2. The van der Waals surface area contributed by atoms with Crippen LogP contribution < -0.4 is 78.9 Å². The van der Waals surface area contributed by atoms with Crippen LogP contribution in [0.25, 0.3) is 0 Å². The number of carboxylic acid groups (broad SMARTS) is 3. The molecule has 5 amide bonds. The Morgan fingerprint density at radius 3 is 1.25 bits per heavy atom. The number of hydrogen-bond donors (Lipinski definition) is 12. The van der Waals surface area contributed by atoms with Crippen molar-refractivity contribution >= 4 is 82.9 Å². The van der Waals surface area contributed by atoms with Crippen molar-refractivity contribution in [3.8, 4) is 12.3 Å². The number of fused-ring (bicyclic) bond motifs is 2. The Bertz CT molecular complexity index is 2050. The number of ether oxygens (including phenoxy) is 2. The highest BCUT2D eigenvalue weighted by Gasteiger charge is 2.45. The lowest BCUT2D eigenvalue weighted by atomic mass is 10.0. The zero-order valence-electron chi connectivity index (χ0n) is 46.5. The van der Waals surface area contributed by atoms with E-state index >= 15 is 0 Å². The van der Waals surface area contributed by atoms with Crippen LogP contribution in [0.3, 0.4) is 0 Å². The van der Waals surface area contributed by atoms with Gasteiger partial charge in [0.2, 0.25) is 17.7 Å². The molecule has 0 aromatic carbocycles. The largest absolute Gasteiger partial charge is 0.542 e. The molecule has 0 radical (unpaired) electrons. The maximum atomic E-state index is 12.9. The monoisotopic (exact) mass is 1280 g/mol. The number of carbonyl (C=O) groups is 8. The van der Waals surface area contributed by atoms with E-state index in [-0.39, 0.29) is 49.0 Å². The van der Waals surface area contributed by atoms with Gasteiger partial charge in [0.25, 0.3) is 11.8 Å². The molecule has 36 heteroatoms. The number of terminal acetylenes is 1. The minimum absolute atomic E-state index is 0.0529. The molecule has 4 heterocycles. The minimum atomic E-state index is -5.19. The molecule has 25 nitrogen and oxygen atoms in total. The van der Waals surface area contributed by atoms with Crippen LogP contribution in [0.5, 0.6) is 0 Å². The molecule has 4 aliphatic rings. The number of rotatable bonds is 35. The number of nitrogens with two attached hydrogens (primary N) is 2. The topological polar surface area (TPSA) is 393 Å². The molecule has 4 rings (SSSR count). The fourth-order valence-corrected chi connectivity index (χ4v) is 11.2. The van der Waals surface area contributed by atoms with Crippen LogP contribution in [0.2, 0.25) is 0 Å². The van der Waals surface area contributed by atoms with Crippen LogP contribution in [0.1, 0.15) is 89.9 Å². The molecule has 4 aliphatic heterocycles. The quantitative estimate of drug-likeness (QED) is 0.0159. The smallest absolute Gasteiger partial charge is 0.430 e. The summed E-state index contributed by atoms with van der Waals surface area (Å²) in [5.41, 5.74) is 11.8. The highest BCUT2D eigenvalue weighted by Crippen LogP contribution is 2.31. The van der Waals surface area contributed by atoms with Crippen LogP contribution >= 0.6 is 23.5 Å². The number of quaternary nitrogens is 1. The number of nitrogens with one attached hydrogen (secondary N) is 10. The first-order valence-electron chi connectivity index (χ1n) is 27.1. The van der Waals surface area contributed by atoms with Gasteiger partial charge in [0.15, 0.2) is 13.1 Å². The number of unbranched alkanes of at least 4 members (excludes halogenated alkanes) is 4.